The summed E-state index contributed by atoms with van der Waals surface area (Å²) in [6.07, 6.45) is 1.29. The summed E-state index contributed by atoms with van der Waals surface area (Å²) in [6, 6.07) is 10.1. The van der Waals surface area contributed by atoms with Crippen LogP contribution in [0.4, 0.5) is 4.79 Å². The average Bonchev–Trinajstić information content (AvgIpc) is 2.67. The minimum atomic E-state index is -3.99. The molecule has 1 N–H and O–H groups in total. The maximum atomic E-state index is 12.1. The molecule has 1 heterocycles. The highest BCUT2D eigenvalue weighted by molar-refractivity contribution is 7.90. The largest absolute Gasteiger partial charge is 0.515 e. The van der Waals surface area contributed by atoms with Gasteiger partial charge in [0.1, 0.15) is 6.10 Å². The number of carbonyl (C=O) groups excluding carboxylic acids is 2. The quantitative estimate of drug-likeness (QED) is 0.721. The predicted octanol–water partition coefficient (Wildman–Crippen LogP) is 2.90. The summed E-state index contributed by atoms with van der Waals surface area (Å²) < 4.78 is 36.3. The van der Waals surface area contributed by atoms with Gasteiger partial charge in [-0.3, -0.25) is 4.79 Å². The van der Waals surface area contributed by atoms with Crippen LogP contribution >= 0.6 is 0 Å². The van der Waals surface area contributed by atoms with Gasteiger partial charge in [-0.1, -0.05) is 32.0 Å². The van der Waals surface area contributed by atoms with Crippen LogP contribution in [0.15, 0.2) is 53.6 Å². The highest BCUT2D eigenvalue weighted by Gasteiger charge is 2.19. The van der Waals surface area contributed by atoms with Crippen molar-refractivity contribution in [2.45, 2.75) is 37.7 Å². The van der Waals surface area contributed by atoms with E-state index in [9.17, 15) is 18.0 Å². The van der Waals surface area contributed by atoms with Crippen molar-refractivity contribution in [3.05, 3.63) is 54.2 Å². The fraction of sp³-hybridized carbons (Fsp3) is 0.278. The molecule has 1 amide bonds. The Labute approximate surface area is 157 Å². The first kappa shape index (κ1) is 20.4. The highest BCUT2D eigenvalue weighted by atomic mass is 32.2. The summed E-state index contributed by atoms with van der Waals surface area (Å²) >= 11 is 0. The molecule has 0 atom stereocenters. The highest BCUT2D eigenvalue weighted by Crippen LogP contribution is 2.12. The van der Waals surface area contributed by atoms with E-state index in [1.165, 1.54) is 24.3 Å². The monoisotopic (exact) mass is 392 g/mol. The van der Waals surface area contributed by atoms with Crippen LogP contribution in [0.5, 0.6) is 5.88 Å². The number of amides is 1. The zero-order valence-electron chi connectivity index (χ0n) is 14.9. The number of benzene rings is 1. The van der Waals surface area contributed by atoms with Crippen molar-refractivity contribution in [3.63, 3.8) is 0 Å². The lowest BCUT2D eigenvalue weighted by atomic mass is 10.2. The van der Waals surface area contributed by atoms with Gasteiger partial charge >= 0.3 is 6.16 Å². The van der Waals surface area contributed by atoms with Gasteiger partial charge in [0.15, 0.2) is 0 Å². The summed E-state index contributed by atoms with van der Waals surface area (Å²) in [5.41, 5.74) is -0.00443. The number of hydrogen-bond donors (Lipinski definition) is 1. The first-order valence-corrected chi connectivity index (χ1v) is 9.80. The summed E-state index contributed by atoms with van der Waals surface area (Å²) in [5, 5.41) is 0. The van der Waals surface area contributed by atoms with E-state index < -0.39 is 22.1 Å². The molecule has 2 aromatic rings. The normalized spacial score (nSPS) is 11.1. The minimum absolute atomic E-state index is 0.00443. The Kier molecular flexibility index (Phi) is 6.89. The van der Waals surface area contributed by atoms with E-state index in [1.807, 2.05) is 18.6 Å². The van der Waals surface area contributed by atoms with E-state index in [1.54, 1.807) is 18.2 Å². The molecule has 0 bridgehead atoms. The third-order valence-electron chi connectivity index (χ3n) is 3.64. The molecule has 2 rings (SSSR count). The van der Waals surface area contributed by atoms with Crippen LogP contribution in [-0.4, -0.2) is 31.6 Å². The fourth-order valence-electron chi connectivity index (χ4n) is 2.12. The molecule has 0 saturated heterocycles. The van der Waals surface area contributed by atoms with Crippen molar-refractivity contribution < 1.29 is 27.5 Å². The number of sulfonamides is 1. The minimum Gasteiger partial charge on any atom is -0.431 e. The van der Waals surface area contributed by atoms with Crippen LogP contribution < -0.4 is 9.46 Å². The number of pyridine rings is 1. The maximum Gasteiger partial charge on any atom is 0.515 e. The van der Waals surface area contributed by atoms with Crippen molar-refractivity contribution in [3.8, 4) is 5.88 Å². The van der Waals surface area contributed by atoms with E-state index in [2.05, 4.69) is 4.98 Å². The number of ether oxygens (including phenoxy) is 2. The first-order valence-electron chi connectivity index (χ1n) is 8.32. The second-order valence-corrected chi connectivity index (χ2v) is 7.22. The molecule has 0 spiro atoms. The van der Waals surface area contributed by atoms with Crippen LogP contribution in [0.2, 0.25) is 0 Å². The molecular weight excluding hydrogens is 372 g/mol. The lowest BCUT2D eigenvalue weighted by Crippen LogP contribution is -2.30. The van der Waals surface area contributed by atoms with Gasteiger partial charge in [0, 0.05) is 12.3 Å². The maximum absolute atomic E-state index is 12.1. The lowest BCUT2D eigenvalue weighted by molar-refractivity contribution is 0.0538. The average molecular weight is 392 g/mol. The SMILES string of the molecule is CCC(CC)OC(=O)Oc1ccc(C(=O)NS(=O)(=O)c2ccccc2)cn1. The number of nitrogens with zero attached hydrogens (tertiary/aromatic N) is 1. The van der Waals surface area contributed by atoms with Gasteiger partial charge in [-0.25, -0.2) is 22.9 Å². The van der Waals surface area contributed by atoms with Crippen LogP contribution in [-0.2, 0) is 14.8 Å². The van der Waals surface area contributed by atoms with Crippen LogP contribution in [0.1, 0.15) is 37.0 Å². The van der Waals surface area contributed by atoms with Gasteiger partial charge in [0.2, 0.25) is 5.88 Å². The Morgan fingerprint density at radius 2 is 1.74 bits per heavy atom. The molecule has 1 aromatic heterocycles. The van der Waals surface area contributed by atoms with Crippen molar-refractivity contribution >= 4 is 22.1 Å². The third kappa shape index (κ3) is 5.78. The van der Waals surface area contributed by atoms with Gasteiger partial charge in [-0.2, -0.15) is 0 Å². The van der Waals surface area contributed by atoms with Gasteiger partial charge in [0.25, 0.3) is 15.9 Å². The van der Waals surface area contributed by atoms with Gasteiger partial charge in [-0.15, -0.1) is 0 Å². The molecule has 1 aromatic carbocycles. The smallest absolute Gasteiger partial charge is 0.431 e. The second-order valence-electron chi connectivity index (χ2n) is 5.54. The number of hydrogen-bond acceptors (Lipinski definition) is 7. The predicted molar refractivity (Wildman–Crippen MR) is 96.8 cm³/mol. The van der Waals surface area contributed by atoms with Crippen LogP contribution in [0.3, 0.4) is 0 Å². The zero-order chi connectivity index (χ0) is 19.9. The van der Waals surface area contributed by atoms with E-state index in [0.29, 0.717) is 12.8 Å². The number of aromatic nitrogens is 1. The lowest BCUT2D eigenvalue weighted by Gasteiger charge is -2.13. The van der Waals surface area contributed by atoms with Crippen molar-refractivity contribution in [1.29, 1.82) is 0 Å². The molecule has 0 saturated carbocycles. The van der Waals surface area contributed by atoms with Crippen molar-refractivity contribution in [1.82, 2.24) is 9.71 Å². The van der Waals surface area contributed by atoms with E-state index in [4.69, 9.17) is 9.47 Å². The molecule has 0 aliphatic heterocycles. The zero-order valence-corrected chi connectivity index (χ0v) is 15.7. The van der Waals surface area contributed by atoms with Gasteiger partial charge < -0.3 is 9.47 Å². The molecule has 0 radical (unpaired) electrons. The van der Waals surface area contributed by atoms with E-state index >= 15 is 0 Å². The van der Waals surface area contributed by atoms with Gasteiger partial charge in [0.05, 0.1) is 10.5 Å². The topological polar surface area (TPSA) is 112 Å². The summed E-state index contributed by atoms with van der Waals surface area (Å²) in [7, 11) is -3.99. The third-order valence-corrected chi connectivity index (χ3v) is 4.99. The van der Waals surface area contributed by atoms with Crippen LogP contribution in [0, 0.1) is 0 Å². The molecule has 0 aliphatic rings. The summed E-state index contributed by atoms with van der Waals surface area (Å²) in [5.74, 6) is -0.911. The van der Waals surface area contributed by atoms with Crippen molar-refractivity contribution in [2.75, 3.05) is 0 Å². The Hall–Kier alpha value is -2.94. The Morgan fingerprint density at radius 3 is 2.30 bits per heavy atom. The molecule has 27 heavy (non-hydrogen) atoms. The Bertz CT molecular complexity index is 878. The van der Waals surface area contributed by atoms with E-state index in [0.717, 1.165) is 6.20 Å². The number of carbonyl (C=O) groups is 2. The number of nitrogens with one attached hydrogen (secondary N) is 1. The molecule has 8 nitrogen and oxygen atoms in total. The molecule has 144 valence electrons. The molecule has 0 fully saturated rings. The molecule has 0 unspecified atom stereocenters. The Morgan fingerprint density at radius 1 is 1.07 bits per heavy atom. The molecule has 0 aliphatic carbocycles. The standard InChI is InChI=1S/C18H20N2O6S/c1-3-14(4-2)25-18(22)26-16-11-10-13(12-19-16)17(21)20-27(23,24)15-8-6-5-7-9-15/h5-12,14H,3-4H2,1-2H3,(H,20,21). The number of rotatable bonds is 7. The second kappa shape index (κ2) is 9.13. The fourth-order valence-corrected chi connectivity index (χ4v) is 3.11. The first-order chi connectivity index (χ1) is 12.9. The van der Waals surface area contributed by atoms with E-state index in [-0.39, 0.29) is 22.4 Å². The summed E-state index contributed by atoms with van der Waals surface area (Å²) in [4.78, 5) is 27.6. The molecular formula is C18H20N2O6S. The summed E-state index contributed by atoms with van der Waals surface area (Å²) in [6.45, 7) is 3.77. The van der Waals surface area contributed by atoms with Crippen molar-refractivity contribution in [2.24, 2.45) is 0 Å². The van der Waals surface area contributed by atoms with Gasteiger partial charge in [-0.05, 0) is 31.0 Å². The van der Waals surface area contributed by atoms with Crippen LogP contribution in [0.25, 0.3) is 0 Å². The Balaban J connectivity index is 2.00. The molecule has 9 heteroatoms.